The molecule has 4 nitrogen and oxygen atoms in total. The SMILES string of the molecule is CCCC(O)CNC(C)C(C)C(=O)O. The van der Waals surface area contributed by atoms with Crippen LogP contribution in [0.4, 0.5) is 0 Å². The smallest absolute Gasteiger partial charge is 0.307 e. The number of carboxylic acids is 1. The van der Waals surface area contributed by atoms with E-state index in [9.17, 15) is 9.90 Å². The van der Waals surface area contributed by atoms with Crippen molar-refractivity contribution < 1.29 is 15.0 Å². The second kappa shape index (κ2) is 6.79. The molecule has 0 aliphatic rings. The molecular formula is C10H21NO3. The molecule has 0 saturated carbocycles. The number of rotatable bonds is 7. The van der Waals surface area contributed by atoms with Gasteiger partial charge in [-0.2, -0.15) is 0 Å². The van der Waals surface area contributed by atoms with Gasteiger partial charge in [-0.25, -0.2) is 0 Å². The molecule has 14 heavy (non-hydrogen) atoms. The third kappa shape index (κ3) is 5.19. The predicted octanol–water partition coefficient (Wildman–Crippen LogP) is 0.846. The molecule has 0 aliphatic heterocycles. The highest BCUT2D eigenvalue weighted by atomic mass is 16.4. The van der Waals surface area contributed by atoms with Crippen LogP contribution in [0.2, 0.25) is 0 Å². The minimum Gasteiger partial charge on any atom is -0.481 e. The van der Waals surface area contributed by atoms with E-state index in [1.165, 1.54) is 0 Å². The third-order valence-electron chi connectivity index (χ3n) is 2.44. The molecule has 0 aromatic heterocycles. The molecule has 0 aromatic rings. The Morgan fingerprint density at radius 2 is 2.00 bits per heavy atom. The Bertz CT molecular complexity index is 173. The van der Waals surface area contributed by atoms with E-state index in [4.69, 9.17) is 5.11 Å². The van der Waals surface area contributed by atoms with Crippen molar-refractivity contribution in [2.75, 3.05) is 6.54 Å². The fourth-order valence-corrected chi connectivity index (χ4v) is 1.15. The standard InChI is InChI=1S/C10H21NO3/c1-4-5-9(12)6-11-8(3)7(2)10(13)14/h7-9,11-12H,4-6H2,1-3H3,(H,13,14). The van der Waals surface area contributed by atoms with Crippen LogP contribution in [0.1, 0.15) is 33.6 Å². The summed E-state index contributed by atoms with van der Waals surface area (Å²) < 4.78 is 0. The van der Waals surface area contributed by atoms with Crippen molar-refractivity contribution in [3.8, 4) is 0 Å². The Labute approximate surface area is 85.3 Å². The molecule has 0 spiro atoms. The minimum absolute atomic E-state index is 0.112. The summed E-state index contributed by atoms with van der Waals surface area (Å²) in [6.45, 7) is 5.95. The summed E-state index contributed by atoms with van der Waals surface area (Å²) in [5.74, 6) is -1.24. The Hall–Kier alpha value is -0.610. The topological polar surface area (TPSA) is 69.6 Å². The number of hydrogen-bond acceptors (Lipinski definition) is 3. The second-order valence-electron chi connectivity index (χ2n) is 3.77. The maximum absolute atomic E-state index is 10.6. The summed E-state index contributed by atoms with van der Waals surface area (Å²) in [5.41, 5.74) is 0. The molecule has 3 N–H and O–H groups in total. The van der Waals surface area contributed by atoms with Crippen molar-refractivity contribution in [1.29, 1.82) is 0 Å². The first kappa shape index (κ1) is 13.4. The quantitative estimate of drug-likeness (QED) is 0.573. The number of nitrogens with one attached hydrogen (secondary N) is 1. The van der Waals surface area contributed by atoms with Gasteiger partial charge in [-0.3, -0.25) is 4.79 Å². The van der Waals surface area contributed by atoms with Crippen LogP contribution in [0.25, 0.3) is 0 Å². The Balaban J connectivity index is 3.72. The number of carbonyl (C=O) groups is 1. The molecule has 84 valence electrons. The van der Waals surface area contributed by atoms with Crippen LogP contribution in [0, 0.1) is 5.92 Å². The maximum Gasteiger partial charge on any atom is 0.307 e. The molecule has 0 aliphatic carbocycles. The van der Waals surface area contributed by atoms with Gasteiger partial charge in [0.2, 0.25) is 0 Å². The van der Waals surface area contributed by atoms with Gasteiger partial charge in [0.15, 0.2) is 0 Å². The van der Waals surface area contributed by atoms with E-state index in [0.717, 1.165) is 12.8 Å². The van der Waals surface area contributed by atoms with Gasteiger partial charge in [-0.1, -0.05) is 20.3 Å². The molecule has 3 atom stereocenters. The highest BCUT2D eigenvalue weighted by Gasteiger charge is 2.19. The summed E-state index contributed by atoms with van der Waals surface area (Å²) in [4.78, 5) is 10.6. The lowest BCUT2D eigenvalue weighted by Gasteiger charge is -2.19. The van der Waals surface area contributed by atoms with E-state index < -0.39 is 11.9 Å². The van der Waals surface area contributed by atoms with Crippen LogP contribution in [0.5, 0.6) is 0 Å². The Morgan fingerprint density at radius 1 is 1.43 bits per heavy atom. The zero-order valence-electron chi connectivity index (χ0n) is 9.16. The van der Waals surface area contributed by atoms with Gasteiger partial charge in [0, 0.05) is 12.6 Å². The van der Waals surface area contributed by atoms with E-state index in [1.807, 2.05) is 13.8 Å². The third-order valence-corrected chi connectivity index (χ3v) is 2.44. The largest absolute Gasteiger partial charge is 0.481 e. The zero-order chi connectivity index (χ0) is 11.1. The molecular weight excluding hydrogens is 182 g/mol. The Morgan fingerprint density at radius 3 is 2.43 bits per heavy atom. The van der Waals surface area contributed by atoms with E-state index in [1.54, 1.807) is 6.92 Å². The van der Waals surface area contributed by atoms with Crippen LogP contribution in [-0.2, 0) is 4.79 Å². The molecule has 0 radical (unpaired) electrons. The summed E-state index contributed by atoms with van der Waals surface area (Å²) in [6, 6.07) is -0.112. The molecule has 0 bridgehead atoms. The van der Waals surface area contributed by atoms with Gasteiger partial charge in [-0.15, -0.1) is 0 Å². The number of carboxylic acid groups (broad SMARTS) is 1. The van der Waals surface area contributed by atoms with E-state index in [2.05, 4.69) is 5.32 Å². The van der Waals surface area contributed by atoms with E-state index in [0.29, 0.717) is 6.54 Å². The van der Waals surface area contributed by atoms with Crippen LogP contribution >= 0.6 is 0 Å². The molecule has 0 rings (SSSR count). The first-order valence-electron chi connectivity index (χ1n) is 5.13. The van der Waals surface area contributed by atoms with Crippen LogP contribution in [0.15, 0.2) is 0 Å². The first-order chi connectivity index (χ1) is 6.49. The van der Waals surface area contributed by atoms with Gasteiger partial charge in [-0.05, 0) is 13.3 Å². The Kier molecular flexibility index (Phi) is 6.49. The van der Waals surface area contributed by atoms with Crippen molar-refractivity contribution in [2.24, 2.45) is 5.92 Å². The average Bonchev–Trinajstić information content (AvgIpc) is 2.13. The van der Waals surface area contributed by atoms with Gasteiger partial charge in [0.25, 0.3) is 0 Å². The molecule has 3 unspecified atom stereocenters. The van der Waals surface area contributed by atoms with Crippen molar-refractivity contribution in [1.82, 2.24) is 5.32 Å². The number of aliphatic carboxylic acids is 1. The van der Waals surface area contributed by atoms with Crippen molar-refractivity contribution >= 4 is 5.97 Å². The first-order valence-corrected chi connectivity index (χ1v) is 5.13. The van der Waals surface area contributed by atoms with Gasteiger partial charge < -0.3 is 15.5 Å². The molecule has 0 aromatic carbocycles. The predicted molar refractivity (Wildman–Crippen MR) is 55.2 cm³/mol. The molecule has 0 saturated heterocycles. The summed E-state index contributed by atoms with van der Waals surface area (Å²) >= 11 is 0. The minimum atomic E-state index is -0.810. The highest BCUT2D eigenvalue weighted by Crippen LogP contribution is 2.03. The van der Waals surface area contributed by atoms with Crippen LogP contribution < -0.4 is 5.32 Å². The van der Waals surface area contributed by atoms with E-state index in [-0.39, 0.29) is 12.1 Å². The molecule has 0 amide bonds. The van der Waals surface area contributed by atoms with Crippen LogP contribution in [-0.4, -0.2) is 34.9 Å². The fourth-order valence-electron chi connectivity index (χ4n) is 1.15. The zero-order valence-corrected chi connectivity index (χ0v) is 9.16. The summed E-state index contributed by atoms with van der Waals surface area (Å²) in [5, 5.41) is 21.1. The second-order valence-corrected chi connectivity index (χ2v) is 3.77. The normalized spacial score (nSPS) is 17.4. The van der Waals surface area contributed by atoms with Gasteiger partial charge in [0.1, 0.15) is 0 Å². The number of aliphatic hydroxyl groups excluding tert-OH is 1. The van der Waals surface area contributed by atoms with Crippen molar-refractivity contribution in [3.05, 3.63) is 0 Å². The molecule has 4 heteroatoms. The number of hydrogen-bond donors (Lipinski definition) is 3. The lowest BCUT2D eigenvalue weighted by molar-refractivity contribution is -0.142. The molecule has 0 fully saturated rings. The highest BCUT2D eigenvalue weighted by molar-refractivity contribution is 5.70. The maximum atomic E-state index is 10.6. The molecule has 0 heterocycles. The lowest BCUT2D eigenvalue weighted by Crippen LogP contribution is -2.40. The van der Waals surface area contributed by atoms with Crippen molar-refractivity contribution in [2.45, 2.75) is 45.8 Å². The monoisotopic (exact) mass is 203 g/mol. The van der Waals surface area contributed by atoms with E-state index >= 15 is 0 Å². The van der Waals surface area contributed by atoms with Gasteiger partial charge >= 0.3 is 5.97 Å². The lowest BCUT2D eigenvalue weighted by atomic mass is 10.0. The summed E-state index contributed by atoms with van der Waals surface area (Å²) in [6.07, 6.45) is 1.32. The summed E-state index contributed by atoms with van der Waals surface area (Å²) in [7, 11) is 0. The van der Waals surface area contributed by atoms with Gasteiger partial charge in [0.05, 0.1) is 12.0 Å². The van der Waals surface area contributed by atoms with Crippen LogP contribution in [0.3, 0.4) is 0 Å². The number of aliphatic hydroxyl groups is 1. The van der Waals surface area contributed by atoms with Crippen molar-refractivity contribution in [3.63, 3.8) is 0 Å². The average molecular weight is 203 g/mol. The fraction of sp³-hybridized carbons (Fsp3) is 0.900.